The van der Waals surface area contributed by atoms with E-state index >= 15 is 0 Å². The van der Waals surface area contributed by atoms with Gasteiger partial charge in [-0.05, 0) is 38.5 Å². The van der Waals surface area contributed by atoms with Crippen molar-refractivity contribution in [3.05, 3.63) is 0 Å². The Labute approximate surface area is 136 Å². The summed E-state index contributed by atoms with van der Waals surface area (Å²) in [6.45, 7) is 3.55. The average Bonchev–Trinajstić information content (AvgIpc) is 3.07. The van der Waals surface area contributed by atoms with Gasteiger partial charge in [0.15, 0.2) is 0 Å². The summed E-state index contributed by atoms with van der Waals surface area (Å²) in [6, 6.07) is 0.637. The lowest BCUT2D eigenvalue weighted by atomic mass is 9.85. The Balaban J connectivity index is 1.49. The number of amides is 1. The van der Waals surface area contributed by atoms with Gasteiger partial charge in [0.1, 0.15) is 5.41 Å². The summed E-state index contributed by atoms with van der Waals surface area (Å²) in [5.41, 5.74) is -1.42. The minimum Gasteiger partial charge on any atom is -0.381 e. The van der Waals surface area contributed by atoms with Crippen molar-refractivity contribution >= 4 is 5.91 Å². The summed E-state index contributed by atoms with van der Waals surface area (Å²) in [4.78, 5) is 14.9. The molecule has 2 aliphatic heterocycles. The highest BCUT2D eigenvalue weighted by molar-refractivity contribution is 5.83. The van der Waals surface area contributed by atoms with Gasteiger partial charge in [-0.25, -0.2) is 8.78 Å². The van der Waals surface area contributed by atoms with E-state index < -0.39 is 17.7 Å². The van der Waals surface area contributed by atoms with Crippen molar-refractivity contribution in [3.63, 3.8) is 0 Å². The smallest absolute Gasteiger partial charge is 0.252 e. The van der Waals surface area contributed by atoms with Crippen molar-refractivity contribution in [1.82, 2.24) is 10.2 Å². The number of alkyl halides is 2. The molecule has 4 nitrogen and oxygen atoms in total. The molecule has 1 saturated carbocycles. The maximum Gasteiger partial charge on any atom is 0.252 e. The Kier molecular flexibility index (Phi) is 5.52. The van der Waals surface area contributed by atoms with Gasteiger partial charge in [0.05, 0.1) is 0 Å². The van der Waals surface area contributed by atoms with E-state index in [-0.39, 0.29) is 6.04 Å². The second-order valence-corrected chi connectivity index (χ2v) is 7.29. The lowest BCUT2D eigenvalue weighted by Crippen LogP contribution is -2.53. The van der Waals surface area contributed by atoms with Crippen LogP contribution in [0, 0.1) is 5.41 Å². The first-order valence-electron chi connectivity index (χ1n) is 9.03. The van der Waals surface area contributed by atoms with Crippen molar-refractivity contribution in [3.8, 4) is 0 Å². The fraction of sp³-hybridized carbons (Fsp3) is 0.941. The van der Waals surface area contributed by atoms with Crippen LogP contribution in [0.5, 0.6) is 0 Å². The maximum absolute atomic E-state index is 13.4. The fourth-order valence-electron chi connectivity index (χ4n) is 4.34. The van der Waals surface area contributed by atoms with Crippen LogP contribution in [0.25, 0.3) is 0 Å². The topological polar surface area (TPSA) is 41.6 Å². The second-order valence-electron chi connectivity index (χ2n) is 7.29. The zero-order valence-corrected chi connectivity index (χ0v) is 13.7. The first-order valence-corrected chi connectivity index (χ1v) is 9.03. The molecule has 0 unspecified atom stereocenters. The first kappa shape index (κ1) is 17.1. The molecule has 0 aromatic carbocycles. The fourth-order valence-corrected chi connectivity index (χ4v) is 4.34. The maximum atomic E-state index is 13.4. The molecule has 3 rings (SSSR count). The molecule has 6 heteroatoms. The number of rotatable bonds is 4. The number of piperidine rings is 1. The third-order valence-corrected chi connectivity index (χ3v) is 5.94. The Bertz CT molecular complexity index is 399. The average molecular weight is 330 g/mol. The predicted molar refractivity (Wildman–Crippen MR) is 83.5 cm³/mol. The van der Waals surface area contributed by atoms with Gasteiger partial charge in [-0.1, -0.05) is 12.8 Å². The van der Waals surface area contributed by atoms with Crippen LogP contribution in [0.3, 0.4) is 0 Å². The quantitative estimate of drug-likeness (QED) is 0.861. The minimum atomic E-state index is -2.55. The van der Waals surface area contributed by atoms with Gasteiger partial charge in [-0.3, -0.25) is 4.79 Å². The third-order valence-electron chi connectivity index (χ3n) is 5.94. The number of halogens is 2. The van der Waals surface area contributed by atoms with E-state index in [0.29, 0.717) is 18.9 Å². The third kappa shape index (κ3) is 3.68. The number of carbonyl (C=O) groups excluding carboxylic acids is 1. The van der Waals surface area contributed by atoms with E-state index in [1.807, 2.05) is 0 Å². The SMILES string of the molecule is O=C(NC1CCN(C2CCOCC2)CC1)C1(C(F)F)CCCC1. The number of ether oxygens (including phenoxy) is 1. The number of hydrogen-bond acceptors (Lipinski definition) is 3. The zero-order valence-electron chi connectivity index (χ0n) is 13.7. The molecule has 0 aromatic heterocycles. The Morgan fingerprint density at radius 1 is 1.09 bits per heavy atom. The van der Waals surface area contributed by atoms with Crippen molar-refractivity contribution in [2.24, 2.45) is 5.41 Å². The molecule has 0 bridgehead atoms. The van der Waals surface area contributed by atoms with Gasteiger partial charge in [0.2, 0.25) is 5.91 Å². The highest BCUT2D eigenvalue weighted by Crippen LogP contribution is 2.43. The van der Waals surface area contributed by atoms with Crippen molar-refractivity contribution in [2.45, 2.75) is 69.9 Å². The monoisotopic (exact) mass is 330 g/mol. The van der Waals surface area contributed by atoms with Gasteiger partial charge < -0.3 is 15.0 Å². The zero-order chi connectivity index (χ0) is 16.3. The molecule has 1 amide bonds. The molecule has 0 aromatic rings. The molecular formula is C17H28F2N2O2. The normalized spacial score (nSPS) is 27.4. The first-order chi connectivity index (χ1) is 11.1. The minimum absolute atomic E-state index is 0.0508. The summed E-state index contributed by atoms with van der Waals surface area (Å²) in [6.07, 6.45) is 3.46. The lowest BCUT2D eigenvalue weighted by Gasteiger charge is -2.40. The van der Waals surface area contributed by atoms with Crippen molar-refractivity contribution in [2.75, 3.05) is 26.3 Å². The molecule has 2 saturated heterocycles. The number of nitrogens with zero attached hydrogens (tertiary/aromatic N) is 1. The van der Waals surface area contributed by atoms with Crippen molar-refractivity contribution < 1.29 is 18.3 Å². The molecule has 23 heavy (non-hydrogen) atoms. The van der Waals surface area contributed by atoms with E-state index in [4.69, 9.17) is 4.74 Å². The summed E-state index contributed by atoms with van der Waals surface area (Å²) in [5, 5.41) is 2.94. The molecule has 0 radical (unpaired) electrons. The molecule has 0 atom stereocenters. The van der Waals surface area contributed by atoms with Crippen LogP contribution in [-0.4, -0.2) is 55.6 Å². The molecule has 132 valence electrons. The van der Waals surface area contributed by atoms with Crippen LogP contribution in [-0.2, 0) is 9.53 Å². The predicted octanol–water partition coefficient (Wildman–Crippen LogP) is 2.57. The van der Waals surface area contributed by atoms with E-state index in [2.05, 4.69) is 10.2 Å². The highest BCUT2D eigenvalue weighted by atomic mass is 19.3. The van der Waals surface area contributed by atoms with Crippen molar-refractivity contribution in [1.29, 1.82) is 0 Å². The molecule has 3 aliphatic rings. The van der Waals surface area contributed by atoms with Crippen LogP contribution in [0.1, 0.15) is 51.4 Å². The van der Waals surface area contributed by atoms with E-state index in [0.717, 1.165) is 64.8 Å². The molecule has 1 N–H and O–H groups in total. The van der Waals surface area contributed by atoms with Gasteiger partial charge in [0, 0.05) is 38.4 Å². The molecule has 0 spiro atoms. The Hall–Kier alpha value is -0.750. The summed E-state index contributed by atoms with van der Waals surface area (Å²) in [5.74, 6) is -0.408. The number of hydrogen-bond donors (Lipinski definition) is 1. The van der Waals surface area contributed by atoms with Crippen LogP contribution in [0.15, 0.2) is 0 Å². The lowest BCUT2D eigenvalue weighted by molar-refractivity contribution is -0.141. The summed E-state index contributed by atoms with van der Waals surface area (Å²) < 4.78 is 32.2. The number of nitrogens with one attached hydrogen (secondary N) is 1. The largest absolute Gasteiger partial charge is 0.381 e. The Morgan fingerprint density at radius 3 is 2.26 bits per heavy atom. The van der Waals surface area contributed by atoms with Gasteiger partial charge in [-0.15, -0.1) is 0 Å². The summed E-state index contributed by atoms with van der Waals surface area (Å²) >= 11 is 0. The summed E-state index contributed by atoms with van der Waals surface area (Å²) in [7, 11) is 0. The molecule has 3 fully saturated rings. The highest BCUT2D eigenvalue weighted by Gasteiger charge is 2.49. The molecular weight excluding hydrogens is 302 g/mol. The van der Waals surface area contributed by atoms with E-state index in [9.17, 15) is 13.6 Å². The number of likely N-dealkylation sites (tertiary alicyclic amines) is 1. The molecule has 1 aliphatic carbocycles. The van der Waals surface area contributed by atoms with Crippen LogP contribution < -0.4 is 5.32 Å². The van der Waals surface area contributed by atoms with Crippen LogP contribution in [0.2, 0.25) is 0 Å². The van der Waals surface area contributed by atoms with Gasteiger partial charge in [0.25, 0.3) is 6.43 Å². The standard InChI is InChI=1S/C17H28F2N2O2/c18-15(19)17(7-1-2-8-17)16(22)20-13-3-9-21(10-4-13)14-5-11-23-12-6-14/h13-15H,1-12H2,(H,20,22). The molecule has 2 heterocycles. The number of carbonyl (C=O) groups is 1. The van der Waals surface area contributed by atoms with Gasteiger partial charge >= 0.3 is 0 Å². The van der Waals surface area contributed by atoms with E-state index in [1.165, 1.54) is 0 Å². The van der Waals surface area contributed by atoms with Gasteiger partial charge in [-0.2, -0.15) is 0 Å². The second kappa shape index (κ2) is 7.43. The van der Waals surface area contributed by atoms with Crippen LogP contribution in [0.4, 0.5) is 8.78 Å². The Morgan fingerprint density at radius 2 is 1.70 bits per heavy atom. The van der Waals surface area contributed by atoms with Crippen LogP contribution >= 0.6 is 0 Å². The van der Waals surface area contributed by atoms with E-state index in [1.54, 1.807) is 0 Å².